The van der Waals surface area contributed by atoms with Crippen molar-refractivity contribution in [3.8, 4) is 0 Å². The van der Waals surface area contributed by atoms with E-state index < -0.39 is 15.8 Å². The third-order valence-corrected chi connectivity index (χ3v) is 6.65. The van der Waals surface area contributed by atoms with Crippen molar-refractivity contribution in [2.24, 2.45) is 0 Å². The third kappa shape index (κ3) is 3.58. The monoisotopic (exact) mass is 366 g/mol. The lowest BCUT2D eigenvalue weighted by Gasteiger charge is -2.39. The fourth-order valence-corrected chi connectivity index (χ4v) is 4.80. The van der Waals surface area contributed by atoms with Gasteiger partial charge in [0.25, 0.3) is 0 Å². The van der Waals surface area contributed by atoms with Crippen LogP contribution in [0.5, 0.6) is 0 Å². The van der Waals surface area contributed by atoms with Crippen molar-refractivity contribution in [2.45, 2.75) is 17.9 Å². The van der Waals surface area contributed by atoms with Crippen LogP contribution in [-0.4, -0.2) is 44.3 Å². The van der Waals surface area contributed by atoms with Gasteiger partial charge in [0.2, 0.25) is 10.0 Å². The molecule has 1 heterocycles. The van der Waals surface area contributed by atoms with Crippen LogP contribution >= 0.6 is 0 Å². The molecule has 1 aliphatic heterocycles. The smallest absolute Gasteiger partial charge is 0.243 e. The summed E-state index contributed by atoms with van der Waals surface area (Å²) in [4.78, 5) is 2.17. The molecule has 134 valence electrons. The highest BCUT2D eigenvalue weighted by atomic mass is 32.2. The number of hydrogen-bond acceptors (Lipinski definition) is 3. The molecule has 0 amide bonds. The number of benzene rings is 2. The van der Waals surface area contributed by atoms with Gasteiger partial charge in [-0.3, -0.25) is 4.90 Å². The van der Waals surface area contributed by atoms with E-state index in [1.807, 2.05) is 7.05 Å². The summed E-state index contributed by atoms with van der Waals surface area (Å²) >= 11 is 0. The van der Waals surface area contributed by atoms with E-state index in [0.717, 1.165) is 11.6 Å². The van der Waals surface area contributed by atoms with Crippen LogP contribution in [0.25, 0.3) is 0 Å². The summed E-state index contributed by atoms with van der Waals surface area (Å²) in [5.74, 6) is -0.785. The second-order valence-corrected chi connectivity index (χ2v) is 8.23. The van der Waals surface area contributed by atoms with E-state index in [2.05, 4.69) is 4.90 Å². The summed E-state index contributed by atoms with van der Waals surface area (Å²) in [5.41, 5.74) is 1.25. The molecule has 1 fully saturated rings. The van der Waals surface area contributed by atoms with Gasteiger partial charge < -0.3 is 0 Å². The zero-order valence-corrected chi connectivity index (χ0v) is 14.9. The van der Waals surface area contributed by atoms with E-state index in [0.29, 0.717) is 18.7 Å². The van der Waals surface area contributed by atoms with Crippen LogP contribution in [0.15, 0.2) is 47.4 Å². The topological polar surface area (TPSA) is 40.6 Å². The van der Waals surface area contributed by atoms with Gasteiger partial charge >= 0.3 is 0 Å². The quantitative estimate of drug-likeness (QED) is 0.839. The van der Waals surface area contributed by atoms with Crippen molar-refractivity contribution in [2.75, 3.05) is 26.7 Å². The Morgan fingerprint density at radius 3 is 2.28 bits per heavy atom. The Hall–Kier alpha value is -1.83. The van der Waals surface area contributed by atoms with Crippen molar-refractivity contribution in [3.05, 3.63) is 65.2 Å². The first kappa shape index (κ1) is 18.0. The van der Waals surface area contributed by atoms with Gasteiger partial charge in [0.1, 0.15) is 11.6 Å². The number of halogens is 2. The summed E-state index contributed by atoms with van der Waals surface area (Å²) in [6, 6.07) is 9.64. The molecule has 0 N–H and O–H groups in total. The molecule has 0 aliphatic carbocycles. The van der Waals surface area contributed by atoms with E-state index in [-0.39, 0.29) is 23.3 Å². The number of nitrogens with zero attached hydrogens (tertiary/aromatic N) is 2. The summed E-state index contributed by atoms with van der Waals surface area (Å²) in [5, 5.41) is 0. The molecular weight excluding hydrogens is 346 g/mol. The zero-order chi connectivity index (χ0) is 18.2. The second kappa shape index (κ2) is 6.82. The Kier molecular flexibility index (Phi) is 4.90. The first-order valence-corrected chi connectivity index (χ1v) is 9.45. The van der Waals surface area contributed by atoms with E-state index in [9.17, 15) is 17.2 Å². The Bertz CT molecular complexity index is 869. The Morgan fingerprint density at radius 1 is 1.00 bits per heavy atom. The predicted octanol–water partition coefficient (Wildman–Crippen LogP) is 2.95. The maximum absolute atomic E-state index is 13.3. The molecule has 0 radical (unpaired) electrons. The molecule has 0 aromatic heterocycles. The zero-order valence-electron chi connectivity index (χ0n) is 14.1. The van der Waals surface area contributed by atoms with Crippen molar-refractivity contribution >= 4 is 10.0 Å². The minimum atomic E-state index is -3.72. The number of hydrogen-bond donors (Lipinski definition) is 0. The molecule has 1 unspecified atom stereocenters. The van der Waals surface area contributed by atoms with Crippen molar-refractivity contribution in [1.82, 2.24) is 9.21 Å². The van der Waals surface area contributed by atoms with Crippen molar-refractivity contribution in [3.63, 3.8) is 0 Å². The highest BCUT2D eigenvalue weighted by molar-refractivity contribution is 7.89. The molecule has 0 saturated carbocycles. The van der Waals surface area contributed by atoms with Crippen molar-refractivity contribution < 1.29 is 17.2 Å². The minimum absolute atomic E-state index is 0.122. The van der Waals surface area contributed by atoms with Crippen LogP contribution in [-0.2, 0) is 10.0 Å². The summed E-state index contributed by atoms with van der Waals surface area (Å²) in [6.45, 7) is 2.76. The Balaban J connectivity index is 1.90. The number of sulfonamides is 1. The van der Waals surface area contributed by atoms with Crippen LogP contribution in [0.3, 0.4) is 0 Å². The fourth-order valence-electron chi connectivity index (χ4n) is 3.15. The number of rotatable bonds is 3. The molecule has 0 spiro atoms. The third-order valence-electron chi connectivity index (χ3n) is 4.62. The summed E-state index contributed by atoms with van der Waals surface area (Å²) in [7, 11) is -1.80. The van der Waals surface area contributed by atoms with Gasteiger partial charge in [-0.25, -0.2) is 17.2 Å². The molecule has 1 atom stereocenters. The van der Waals surface area contributed by atoms with Crippen LogP contribution in [0.1, 0.15) is 17.2 Å². The van der Waals surface area contributed by atoms with Crippen LogP contribution < -0.4 is 0 Å². The van der Waals surface area contributed by atoms with E-state index in [4.69, 9.17) is 0 Å². The first-order chi connectivity index (χ1) is 11.8. The molecule has 25 heavy (non-hydrogen) atoms. The van der Waals surface area contributed by atoms with E-state index >= 15 is 0 Å². The molecule has 0 bridgehead atoms. The van der Waals surface area contributed by atoms with Gasteiger partial charge in [-0.1, -0.05) is 12.1 Å². The molecule has 1 aliphatic rings. The molecule has 4 nitrogen and oxygen atoms in total. The lowest BCUT2D eigenvalue weighted by molar-refractivity contribution is 0.148. The predicted molar refractivity (Wildman–Crippen MR) is 91.7 cm³/mol. The van der Waals surface area contributed by atoms with Crippen LogP contribution in [0.4, 0.5) is 8.78 Å². The normalized spacial score (nSPS) is 19.9. The standard InChI is InChI=1S/C18H20F2N2O2S/c1-13-11-16(20)7-8-18(13)25(23,24)22-10-9-21(2)17(12-22)14-3-5-15(19)6-4-14/h3-8,11,17H,9-10,12H2,1-2H3. The van der Waals surface area contributed by atoms with Gasteiger partial charge in [0, 0.05) is 25.7 Å². The van der Waals surface area contributed by atoms with E-state index in [1.54, 1.807) is 19.1 Å². The lowest BCUT2D eigenvalue weighted by atomic mass is 10.0. The highest BCUT2D eigenvalue weighted by Crippen LogP contribution is 2.29. The number of aryl methyl sites for hydroxylation is 1. The van der Waals surface area contributed by atoms with Gasteiger partial charge in [0.15, 0.2) is 0 Å². The Labute approximate surface area is 146 Å². The summed E-state index contributed by atoms with van der Waals surface area (Å²) in [6.07, 6.45) is 0. The minimum Gasteiger partial charge on any atom is -0.297 e. The number of likely N-dealkylation sites (N-methyl/N-ethyl adjacent to an activating group) is 1. The SMILES string of the molecule is Cc1cc(F)ccc1S(=O)(=O)N1CCN(C)C(c2ccc(F)cc2)C1. The average molecular weight is 366 g/mol. The molecule has 7 heteroatoms. The maximum Gasteiger partial charge on any atom is 0.243 e. The fraction of sp³-hybridized carbons (Fsp3) is 0.333. The van der Waals surface area contributed by atoms with Gasteiger partial charge in [0.05, 0.1) is 4.90 Å². The molecule has 3 rings (SSSR count). The first-order valence-electron chi connectivity index (χ1n) is 8.01. The lowest BCUT2D eigenvalue weighted by Crippen LogP contribution is -2.49. The van der Waals surface area contributed by atoms with E-state index in [1.165, 1.54) is 28.6 Å². The van der Waals surface area contributed by atoms with Crippen LogP contribution in [0.2, 0.25) is 0 Å². The van der Waals surface area contributed by atoms with Gasteiger partial charge in [-0.05, 0) is 55.4 Å². The second-order valence-electron chi connectivity index (χ2n) is 6.32. The average Bonchev–Trinajstić information content (AvgIpc) is 2.55. The summed E-state index contributed by atoms with van der Waals surface area (Å²) < 4.78 is 53.8. The highest BCUT2D eigenvalue weighted by Gasteiger charge is 2.34. The number of piperazine rings is 1. The Morgan fingerprint density at radius 2 is 1.64 bits per heavy atom. The van der Waals surface area contributed by atoms with Crippen molar-refractivity contribution in [1.29, 1.82) is 0 Å². The maximum atomic E-state index is 13.3. The van der Waals surface area contributed by atoms with Gasteiger partial charge in [-0.2, -0.15) is 4.31 Å². The largest absolute Gasteiger partial charge is 0.297 e. The van der Waals surface area contributed by atoms with Crippen LogP contribution in [0, 0.1) is 18.6 Å². The molecular formula is C18H20F2N2O2S. The van der Waals surface area contributed by atoms with Gasteiger partial charge in [-0.15, -0.1) is 0 Å². The molecule has 2 aromatic rings. The molecule has 2 aromatic carbocycles. The molecule has 1 saturated heterocycles.